The molecule has 0 spiro atoms. The second-order valence-electron chi connectivity index (χ2n) is 5.33. The van der Waals surface area contributed by atoms with Crippen molar-refractivity contribution in [3.8, 4) is 0 Å². The van der Waals surface area contributed by atoms with Gasteiger partial charge in [-0.25, -0.2) is 4.98 Å². The zero-order valence-corrected chi connectivity index (χ0v) is 15.6. The van der Waals surface area contributed by atoms with Crippen LogP contribution in [0.2, 0.25) is 10.3 Å². The van der Waals surface area contributed by atoms with Gasteiger partial charge in [0.05, 0.1) is 5.56 Å². The van der Waals surface area contributed by atoms with Gasteiger partial charge in [-0.2, -0.15) is 0 Å². The van der Waals surface area contributed by atoms with Crippen LogP contribution >= 0.6 is 35.0 Å². The molecular weight excluding hydrogens is 361 g/mol. The maximum Gasteiger partial charge on any atom is 0.166 e. The molecule has 0 atom stereocenters. The van der Waals surface area contributed by atoms with Gasteiger partial charge in [-0.3, -0.25) is 4.79 Å². The first-order valence-corrected chi connectivity index (χ1v) is 9.53. The van der Waals surface area contributed by atoms with E-state index in [4.69, 9.17) is 23.2 Å². The molecule has 2 aromatic rings. The van der Waals surface area contributed by atoms with Crippen LogP contribution in [0.5, 0.6) is 0 Å². The quantitative estimate of drug-likeness (QED) is 0.161. The highest BCUT2D eigenvalue weighted by molar-refractivity contribution is 7.98. The molecule has 5 heteroatoms. The molecule has 0 saturated heterocycles. The lowest BCUT2D eigenvalue weighted by Crippen LogP contribution is -2.06. The third-order valence-corrected chi connectivity index (χ3v) is 5.03. The first-order chi connectivity index (χ1) is 11.6. The van der Waals surface area contributed by atoms with Gasteiger partial charge >= 0.3 is 0 Å². The zero-order valence-electron chi connectivity index (χ0n) is 13.3. The van der Waals surface area contributed by atoms with Gasteiger partial charge in [-0.1, -0.05) is 47.5 Å². The molecule has 2 rings (SSSR count). The number of carbonyl (C=O) groups is 1. The summed E-state index contributed by atoms with van der Waals surface area (Å²) in [4.78, 5) is 17.7. The molecule has 0 unspecified atom stereocenters. The summed E-state index contributed by atoms with van der Waals surface area (Å²) in [7, 11) is 0. The number of allylic oxidation sites excluding steroid dienone is 1. The van der Waals surface area contributed by atoms with Crippen molar-refractivity contribution in [2.75, 3.05) is 0 Å². The predicted octanol–water partition coefficient (Wildman–Crippen LogP) is 6.61. The average molecular weight is 380 g/mol. The molecule has 24 heavy (non-hydrogen) atoms. The molecule has 1 heterocycles. The molecular formula is C19H19Cl2NOS. The summed E-state index contributed by atoms with van der Waals surface area (Å²) in [5.74, 6) is 0.650. The molecule has 1 aromatic carbocycles. The lowest BCUT2D eigenvalue weighted by atomic mass is 10.0. The van der Waals surface area contributed by atoms with Crippen molar-refractivity contribution in [2.45, 2.75) is 36.3 Å². The van der Waals surface area contributed by atoms with Crippen LogP contribution in [0.15, 0.2) is 53.9 Å². The minimum Gasteiger partial charge on any atom is -0.294 e. The second-order valence-corrected chi connectivity index (χ2v) is 7.12. The van der Waals surface area contributed by atoms with Crippen LogP contribution in [-0.2, 0) is 5.75 Å². The maximum absolute atomic E-state index is 12.6. The molecule has 126 valence electrons. The normalized spacial score (nSPS) is 10.6. The van der Waals surface area contributed by atoms with E-state index in [0.717, 1.165) is 29.7 Å². The average Bonchev–Trinajstić information content (AvgIpc) is 2.57. The number of ketones is 1. The summed E-state index contributed by atoms with van der Waals surface area (Å²) >= 11 is 13.9. The minimum absolute atomic E-state index is 0.0249. The molecule has 0 bridgehead atoms. The van der Waals surface area contributed by atoms with Crippen molar-refractivity contribution in [1.82, 2.24) is 4.98 Å². The molecule has 0 radical (unpaired) electrons. The van der Waals surface area contributed by atoms with Crippen LogP contribution in [-0.4, -0.2) is 10.8 Å². The number of rotatable bonds is 9. The first-order valence-electron chi connectivity index (χ1n) is 7.78. The van der Waals surface area contributed by atoms with Crippen LogP contribution in [0.3, 0.4) is 0 Å². The Labute approximate surface area is 157 Å². The highest BCUT2D eigenvalue weighted by Gasteiger charge is 2.18. The van der Waals surface area contributed by atoms with Gasteiger partial charge in [0.2, 0.25) is 0 Å². The minimum atomic E-state index is 0.0249. The van der Waals surface area contributed by atoms with Gasteiger partial charge in [0.25, 0.3) is 0 Å². The summed E-state index contributed by atoms with van der Waals surface area (Å²) < 4.78 is 0. The monoisotopic (exact) mass is 379 g/mol. The highest BCUT2D eigenvalue weighted by atomic mass is 35.5. The number of hydrogen-bond acceptors (Lipinski definition) is 3. The number of Topliss-reactive ketones (excluding diaryl/α,β-unsaturated/α-hetero) is 1. The number of pyridine rings is 1. The SMILES string of the molecule is C=CCCCCC(=O)c1c(CSc2ccccc2)cc(Cl)nc1Cl. The van der Waals surface area contributed by atoms with Crippen LogP contribution in [0, 0.1) is 0 Å². The highest BCUT2D eigenvalue weighted by Crippen LogP contribution is 2.30. The molecule has 1 aromatic heterocycles. The third kappa shape index (κ3) is 5.66. The Morgan fingerprint density at radius 2 is 1.96 bits per heavy atom. The molecule has 0 amide bonds. The molecule has 0 aliphatic carbocycles. The second kappa shape index (κ2) is 9.87. The van der Waals surface area contributed by atoms with E-state index in [1.165, 1.54) is 0 Å². The molecule has 2 nitrogen and oxygen atoms in total. The van der Waals surface area contributed by atoms with Crippen LogP contribution in [0.4, 0.5) is 0 Å². The van der Waals surface area contributed by atoms with E-state index in [0.29, 0.717) is 22.9 Å². The van der Waals surface area contributed by atoms with Gasteiger partial charge in [-0.05, 0) is 43.0 Å². The van der Waals surface area contributed by atoms with E-state index in [2.05, 4.69) is 11.6 Å². The lowest BCUT2D eigenvalue weighted by molar-refractivity contribution is 0.0978. The fourth-order valence-corrected chi connectivity index (χ4v) is 3.79. The van der Waals surface area contributed by atoms with Gasteiger partial charge in [-0.15, -0.1) is 18.3 Å². The van der Waals surface area contributed by atoms with Crippen LogP contribution in [0.1, 0.15) is 41.6 Å². The molecule has 0 aliphatic rings. The largest absolute Gasteiger partial charge is 0.294 e. The van der Waals surface area contributed by atoms with E-state index in [1.807, 2.05) is 36.4 Å². The zero-order chi connectivity index (χ0) is 17.4. The van der Waals surface area contributed by atoms with E-state index in [1.54, 1.807) is 17.8 Å². The fraction of sp³-hybridized carbons (Fsp3) is 0.263. The molecule has 0 saturated carbocycles. The summed E-state index contributed by atoms with van der Waals surface area (Å²) in [5, 5.41) is 0.506. The number of unbranched alkanes of at least 4 members (excludes halogenated alkanes) is 2. The van der Waals surface area contributed by atoms with E-state index < -0.39 is 0 Å². The predicted molar refractivity (Wildman–Crippen MR) is 103 cm³/mol. The standard InChI is InChI=1S/C19H19Cl2NOS/c1-2-3-4-8-11-16(23)18-14(12-17(20)22-19(18)21)13-24-15-9-6-5-7-10-15/h2,5-7,9-10,12H,1,3-4,8,11,13H2. The Kier molecular flexibility index (Phi) is 7.83. The van der Waals surface area contributed by atoms with Gasteiger partial charge in [0, 0.05) is 17.1 Å². The van der Waals surface area contributed by atoms with Crippen molar-refractivity contribution in [3.63, 3.8) is 0 Å². The van der Waals surface area contributed by atoms with E-state index >= 15 is 0 Å². The van der Waals surface area contributed by atoms with Crippen molar-refractivity contribution in [1.29, 1.82) is 0 Å². The van der Waals surface area contributed by atoms with E-state index in [9.17, 15) is 4.79 Å². The maximum atomic E-state index is 12.6. The smallest absolute Gasteiger partial charge is 0.166 e. The summed E-state index contributed by atoms with van der Waals surface area (Å²) in [6.07, 6.45) is 5.00. The first kappa shape index (κ1) is 19.0. The number of thioether (sulfide) groups is 1. The van der Waals surface area contributed by atoms with Crippen molar-refractivity contribution < 1.29 is 4.79 Å². The summed E-state index contributed by atoms with van der Waals surface area (Å²) in [6, 6.07) is 11.8. The Morgan fingerprint density at radius 1 is 1.21 bits per heavy atom. The number of aromatic nitrogens is 1. The topological polar surface area (TPSA) is 30.0 Å². The Bertz CT molecular complexity index is 704. The van der Waals surface area contributed by atoms with Crippen molar-refractivity contribution in [3.05, 3.63) is 70.5 Å². The molecule has 0 aliphatic heterocycles. The lowest BCUT2D eigenvalue weighted by Gasteiger charge is -2.11. The summed E-state index contributed by atoms with van der Waals surface area (Å²) in [5.41, 5.74) is 1.34. The number of halogens is 2. The third-order valence-electron chi connectivity index (χ3n) is 3.50. The number of hydrogen-bond donors (Lipinski definition) is 0. The number of carbonyl (C=O) groups excluding carboxylic acids is 1. The van der Waals surface area contributed by atoms with Crippen molar-refractivity contribution in [2.24, 2.45) is 0 Å². The van der Waals surface area contributed by atoms with Crippen LogP contribution in [0.25, 0.3) is 0 Å². The molecule has 0 N–H and O–H groups in total. The fourth-order valence-electron chi connectivity index (χ4n) is 2.32. The van der Waals surface area contributed by atoms with Gasteiger partial charge in [0.15, 0.2) is 5.78 Å². The number of nitrogens with zero attached hydrogens (tertiary/aromatic N) is 1. The van der Waals surface area contributed by atoms with Crippen molar-refractivity contribution >= 4 is 40.7 Å². The van der Waals surface area contributed by atoms with Gasteiger partial charge in [0.1, 0.15) is 10.3 Å². The van der Waals surface area contributed by atoms with Crippen LogP contribution < -0.4 is 0 Å². The number of benzene rings is 1. The Hall–Kier alpha value is -1.29. The Balaban J connectivity index is 2.13. The molecule has 0 fully saturated rings. The van der Waals surface area contributed by atoms with Gasteiger partial charge < -0.3 is 0 Å². The Morgan fingerprint density at radius 3 is 2.67 bits per heavy atom. The van der Waals surface area contributed by atoms with E-state index in [-0.39, 0.29) is 10.9 Å². The summed E-state index contributed by atoms with van der Waals surface area (Å²) in [6.45, 7) is 3.69.